The number of aromatic nitrogens is 1. The molecule has 15 heavy (non-hydrogen) atoms. The van der Waals surface area contributed by atoms with Crippen molar-refractivity contribution in [3.8, 4) is 0 Å². The molecule has 0 aliphatic carbocycles. The molecular weight excluding hydrogens is 186 g/mol. The second-order valence-electron chi connectivity index (χ2n) is 4.19. The van der Waals surface area contributed by atoms with Crippen molar-refractivity contribution in [1.29, 1.82) is 0 Å². The van der Waals surface area contributed by atoms with Crippen LogP contribution in [0.3, 0.4) is 0 Å². The van der Waals surface area contributed by atoms with Gasteiger partial charge in [-0.05, 0) is 38.5 Å². The third kappa shape index (κ3) is 2.21. The Morgan fingerprint density at radius 3 is 2.80 bits per heavy atom. The van der Waals surface area contributed by atoms with Crippen LogP contribution in [-0.2, 0) is 11.3 Å². The molecule has 2 aromatic rings. The summed E-state index contributed by atoms with van der Waals surface area (Å²) >= 11 is 0. The lowest BCUT2D eigenvalue weighted by atomic mass is 10.1. The van der Waals surface area contributed by atoms with Crippen LogP contribution in [0.25, 0.3) is 10.9 Å². The molecular formula is C13H17NO. The van der Waals surface area contributed by atoms with Gasteiger partial charge in [0.2, 0.25) is 0 Å². The minimum atomic E-state index is 0.275. The van der Waals surface area contributed by atoms with E-state index >= 15 is 0 Å². The predicted octanol–water partition coefficient (Wildman–Crippen LogP) is 3.40. The molecule has 0 aliphatic rings. The van der Waals surface area contributed by atoms with E-state index in [1.807, 2.05) is 13.8 Å². The smallest absolute Gasteiger partial charge is 0.0869 e. The molecule has 2 heteroatoms. The van der Waals surface area contributed by atoms with Gasteiger partial charge in [0.15, 0.2) is 0 Å². The largest absolute Gasteiger partial charge is 0.373 e. The molecule has 0 aliphatic heterocycles. The average Bonchev–Trinajstić information content (AvgIpc) is 2.59. The maximum absolute atomic E-state index is 5.57. The summed E-state index contributed by atoms with van der Waals surface area (Å²) in [7, 11) is 0. The fourth-order valence-electron chi connectivity index (χ4n) is 1.70. The van der Waals surface area contributed by atoms with Crippen molar-refractivity contribution in [3.05, 3.63) is 35.5 Å². The zero-order chi connectivity index (χ0) is 10.8. The van der Waals surface area contributed by atoms with E-state index in [-0.39, 0.29) is 6.10 Å². The Kier molecular flexibility index (Phi) is 2.78. The highest BCUT2D eigenvalue weighted by Crippen LogP contribution is 2.19. The molecule has 1 N–H and O–H groups in total. The minimum Gasteiger partial charge on any atom is -0.373 e. The number of nitrogens with one attached hydrogen (secondary N) is 1. The van der Waals surface area contributed by atoms with Crippen molar-refractivity contribution in [1.82, 2.24) is 4.98 Å². The summed E-state index contributed by atoms with van der Waals surface area (Å²) in [4.78, 5) is 3.37. The van der Waals surface area contributed by atoms with E-state index in [1.54, 1.807) is 0 Å². The lowest BCUT2D eigenvalue weighted by molar-refractivity contribution is 0.0639. The topological polar surface area (TPSA) is 25.0 Å². The van der Waals surface area contributed by atoms with Crippen LogP contribution in [-0.4, -0.2) is 11.1 Å². The monoisotopic (exact) mass is 203 g/mol. The molecule has 0 unspecified atom stereocenters. The molecule has 0 atom stereocenters. The standard InChI is InChI=1S/C13H17NO/c1-9(2)15-8-11-7-12-10(3)5-4-6-13(12)14-11/h4-7,9,14H,8H2,1-3H3. The Morgan fingerprint density at radius 2 is 2.13 bits per heavy atom. The van der Waals surface area contributed by atoms with Crippen molar-refractivity contribution in [2.24, 2.45) is 0 Å². The zero-order valence-electron chi connectivity index (χ0n) is 9.50. The van der Waals surface area contributed by atoms with Gasteiger partial charge < -0.3 is 9.72 Å². The fourth-order valence-corrected chi connectivity index (χ4v) is 1.70. The van der Waals surface area contributed by atoms with E-state index in [9.17, 15) is 0 Å². The highest BCUT2D eigenvalue weighted by atomic mass is 16.5. The Bertz CT molecular complexity index is 457. The second-order valence-corrected chi connectivity index (χ2v) is 4.19. The summed E-state index contributed by atoms with van der Waals surface area (Å²) in [5.74, 6) is 0. The zero-order valence-corrected chi connectivity index (χ0v) is 9.50. The van der Waals surface area contributed by atoms with Gasteiger partial charge in [-0.3, -0.25) is 0 Å². The number of hydrogen-bond acceptors (Lipinski definition) is 1. The quantitative estimate of drug-likeness (QED) is 0.812. The molecule has 0 fully saturated rings. The SMILES string of the molecule is Cc1cccc2[nH]c(COC(C)C)cc12. The summed E-state index contributed by atoms with van der Waals surface area (Å²) in [6.45, 7) is 6.89. The first-order valence-corrected chi connectivity index (χ1v) is 5.35. The molecule has 0 bridgehead atoms. The number of fused-ring (bicyclic) bond motifs is 1. The number of ether oxygens (including phenoxy) is 1. The van der Waals surface area contributed by atoms with E-state index in [1.165, 1.54) is 16.5 Å². The summed E-state index contributed by atoms with van der Waals surface area (Å²) in [5.41, 5.74) is 3.64. The van der Waals surface area contributed by atoms with Crippen molar-refractivity contribution >= 4 is 10.9 Å². The molecule has 2 rings (SSSR count). The van der Waals surface area contributed by atoms with Crippen LogP contribution in [0, 0.1) is 6.92 Å². The van der Waals surface area contributed by atoms with Crippen molar-refractivity contribution < 1.29 is 4.74 Å². The van der Waals surface area contributed by atoms with E-state index in [0.717, 1.165) is 5.69 Å². The summed E-state index contributed by atoms with van der Waals surface area (Å²) in [5, 5.41) is 1.29. The van der Waals surface area contributed by atoms with Gasteiger partial charge in [0.05, 0.1) is 12.7 Å². The molecule has 0 saturated carbocycles. The van der Waals surface area contributed by atoms with Crippen LogP contribution >= 0.6 is 0 Å². The first kappa shape index (κ1) is 10.2. The number of hydrogen-bond donors (Lipinski definition) is 1. The number of benzene rings is 1. The highest BCUT2D eigenvalue weighted by molar-refractivity contribution is 5.83. The van der Waals surface area contributed by atoms with Crippen LogP contribution in [0.1, 0.15) is 25.1 Å². The number of aryl methyl sites for hydroxylation is 1. The minimum absolute atomic E-state index is 0.275. The van der Waals surface area contributed by atoms with Gasteiger partial charge in [0.25, 0.3) is 0 Å². The van der Waals surface area contributed by atoms with Gasteiger partial charge in [0, 0.05) is 16.6 Å². The highest BCUT2D eigenvalue weighted by Gasteiger charge is 2.03. The van der Waals surface area contributed by atoms with E-state index in [0.29, 0.717) is 6.61 Å². The van der Waals surface area contributed by atoms with Crippen LogP contribution in [0.4, 0.5) is 0 Å². The molecule has 0 saturated heterocycles. The Balaban J connectivity index is 2.27. The molecule has 1 heterocycles. The van der Waals surface area contributed by atoms with Gasteiger partial charge in [0.1, 0.15) is 0 Å². The predicted molar refractivity (Wildman–Crippen MR) is 63.0 cm³/mol. The summed E-state index contributed by atoms with van der Waals surface area (Å²) < 4.78 is 5.57. The summed E-state index contributed by atoms with van der Waals surface area (Å²) in [6, 6.07) is 8.47. The number of aromatic amines is 1. The normalized spacial score (nSPS) is 11.5. The second kappa shape index (κ2) is 4.07. The van der Waals surface area contributed by atoms with Crippen molar-refractivity contribution in [2.45, 2.75) is 33.5 Å². The maximum Gasteiger partial charge on any atom is 0.0869 e. The molecule has 0 spiro atoms. The fraction of sp³-hybridized carbons (Fsp3) is 0.385. The van der Waals surface area contributed by atoms with Gasteiger partial charge in [-0.2, -0.15) is 0 Å². The molecule has 80 valence electrons. The van der Waals surface area contributed by atoms with Gasteiger partial charge in [-0.25, -0.2) is 0 Å². The molecule has 1 aromatic carbocycles. The first-order chi connectivity index (χ1) is 7.16. The van der Waals surface area contributed by atoms with Crippen molar-refractivity contribution in [2.75, 3.05) is 0 Å². The molecule has 0 amide bonds. The van der Waals surface area contributed by atoms with Crippen molar-refractivity contribution in [3.63, 3.8) is 0 Å². The van der Waals surface area contributed by atoms with Gasteiger partial charge >= 0.3 is 0 Å². The number of H-pyrrole nitrogens is 1. The third-order valence-electron chi connectivity index (χ3n) is 2.51. The Labute approximate surface area is 90.3 Å². The first-order valence-electron chi connectivity index (χ1n) is 5.35. The lowest BCUT2D eigenvalue weighted by Gasteiger charge is -2.04. The molecule has 1 aromatic heterocycles. The van der Waals surface area contributed by atoms with E-state index in [4.69, 9.17) is 4.74 Å². The Hall–Kier alpha value is -1.28. The van der Waals surface area contributed by atoms with E-state index in [2.05, 4.69) is 36.2 Å². The van der Waals surface area contributed by atoms with Crippen LogP contribution < -0.4 is 0 Å². The van der Waals surface area contributed by atoms with Crippen LogP contribution in [0.5, 0.6) is 0 Å². The van der Waals surface area contributed by atoms with Gasteiger partial charge in [-0.1, -0.05) is 12.1 Å². The summed E-state index contributed by atoms with van der Waals surface area (Å²) in [6.07, 6.45) is 0.275. The van der Waals surface area contributed by atoms with Crippen LogP contribution in [0.2, 0.25) is 0 Å². The third-order valence-corrected chi connectivity index (χ3v) is 2.51. The van der Waals surface area contributed by atoms with Crippen LogP contribution in [0.15, 0.2) is 24.3 Å². The maximum atomic E-state index is 5.57. The lowest BCUT2D eigenvalue weighted by Crippen LogP contribution is -2.02. The molecule has 0 radical (unpaired) electrons. The number of rotatable bonds is 3. The van der Waals surface area contributed by atoms with Gasteiger partial charge in [-0.15, -0.1) is 0 Å². The average molecular weight is 203 g/mol. The Morgan fingerprint density at radius 1 is 1.33 bits per heavy atom. The molecule has 2 nitrogen and oxygen atoms in total. The van der Waals surface area contributed by atoms with E-state index < -0.39 is 0 Å².